The third kappa shape index (κ3) is 6.22. The van der Waals surface area contributed by atoms with Gasteiger partial charge in [-0.2, -0.15) is 0 Å². The van der Waals surface area contributed by atoms with E-state index in [2.05, 4.69) is 161 Å². The Balaban J connectivity index is 1.56. The summed E-state index contributed by atoms with van der Waals surface area (Å²) in [6, 6.07) is 38.9. The van der Waals surface area contributed by atoms with E-state index in [1.165, 1.54) is 15.6 Å². The molecule has 0 aliphatic carbocycles. The molecule has 37 heavy (non-hydrogen) atoms. The van der Waals surface area contributed by atoms with Crippen LogP contribution in [0.1, 0.15) is 37.5 Å². The van der Waals surface area contributed by atoms with Crippen molar-refractivity contribution in [2.24, 2.45) is 0 Å². The molecule has 0 heterocycles. The second-order valence-electron chi connectivity index (χ2n) is 11.7. The van der Waals surface area contributed by atoms with Crippen molar-refractivity contribution in [3.05, 3.63) is 126 Å². The molecule has 0 spiro atoms. The molecule has 0 aliphatic rings. The Bertz CT molecular complexity index is 1310. The van der Waals surface area contributed by atoms with E-state index in [9.17, 15) is 0 Å². The van der Waals surface area contributed by atoms with Gasteiger partial charge in [0.05, 0.1) is 14.7 Å². The first-order chi connectivity index (χ1) is 17.6. The summed E-state index contributed by atoms with van der Waals surface area (Å²) in [5, 5.41) is 4.03. The van der Waals surface area contributed by atoms with E-state index in [1.54, 1.807) is 0 Å². The second kappa shape index (κ2) is 11.1. The summed E-state index contributed by atoms with van der Waals surface area (Å²) in [5.74, 6) is 6.64. The average molecular weight is 519 g/mol. The number of benzene rings is 4. The van der Waals surface area contributed by atoms with Gasteiger partial charge in [-0.05, 0) is 45.2 Å². The molecule has 4 aromatic rings. The van der Waals surface area contributed by atoms with Gasteiger partial charge in [0.25, 0.3) is 8.32 Å². The molecule has 0 saturated carbocycles. The molecular weight excluding hydrogens is 481 g/mol. The first-order valence-electron chi connectivity index (χ1n) is 13.1. The molecular formula is C34H38OSi2. The molecule has 3 heteroatoms. The van der Waals surface area contributed by atoms with Crippen LogP contribution in [0.15, 0.2) is 109 Å². The Labute approximate surface area is 225 Å². The molecule has 188 valence electrons. The Morgan fingerprint density at radius 2 is 1.00 bits per heavy atom. The molecule has 0 amide bonds. The molecule has 0 radical (unpaired) electrons. The zero-order chi connectivity index (χ0) is 26.5. The lowest BCUT2D eigenvalue weighted by Gasteiger charge is -2.43. The highest BCUT2D eigenvalue weighted by atomic mass is 28.4. The van der Waals surface area contributed by atoms with Gasteiger partial charge in [-0.15, -0.1) is 0 Å². The third-order valence-corrected chi connectivity index (χ3v) is 14.0. The van der Waals surface area contributed by atoms with Gasteiger partial charge >= 0.3 is 0 Å². The summed E-state index contributed by atoms with van der Waals surface area (Å²) in [6.07, 6.45) is 0. The van der Waals surface area contributed by atoms with Gasteiger partial charge < -0.3 is 4.43 Å². The zero-order valence-electron chi connectivity index (χ0n) is 23.0. The van der Waals surface area contributed by atoms with Crippen LogP contribution in [0.3, 0.4) is 0 Å². The maximum atomic E-state index is 7.07. The van der Waals surface area contributed by atoms with E-state index in [0.717, 1.165) is 16.7 Å². The molecule has 0 aliphatic heterocycles. The van der Waals surface area contributed by atoms with Gasteiger partial charge in [-0.3, -0.25) is 0 Å². The van der Waals surface area contributed by atoms with Crippen LogP contribution in [-0.2, 0) is 11.0 Å². The van der Waals surface area contributed by atoms with Crippen LogP contribution in [0, 0.1) is 11.8 Å². The van der Waals surface area contributed by atoms with Crippen LogP contribution < -0.4 is 15.6 Å². The molecule has 1 nitrogen and oxygen atoms in total. The Morgan fingerprint density at radius 1 is 0.568 bits per heavy atom. The highest BCUT2D eigenvalue weighted by molar-refractivity contribution is 6.99. The van der Waals surface area contributed by atoms with Crippen LogP contribution in [0.25, 0.3) is 0 Å². The number of hydrogen-bond acceptors (Lipinski definition) is 1. The Kier molecular flexibility index (Phi) is 8.04. The summed E-state index contributed by atoms with van der Waals surface area (Å²) in [6.45, 7) is 14.6. The minimum Gasteiger partial charge on any atom is -0.403 e. The van der Waals surface area contributed by atoms with Gasteiger partial charge in [-0.25, -0.2) is 0 Å². The van der Waals surface area contributed by atoms with E-state index in [1.807, 2.05) is 0 Å². The van der Waals surface area contributed by atoms with Gasteiger partial charge in [0.15, 0.2) is 0 Å². The van der Waals surface area contributed by atoms with Crippen LogP contribution in [0.4, 0.5) is 0 Å². The fourth-order valence-electron chi connectivity index (χ4n) is 4.84. The Morgan fingerprint density at radius 3 is 1.41 bits per heavy atom. The molecule has 4 aromatic carbocycles. The van der Waals surface area contributed by atoms with Crippen molar-refractivity contribution in [1.29, 1.82) is 0 Å². The topological polar surface area (TPSA) is 9.23 Å². The quantitative estimate of drug-likeness (QED) is 0.204. The van der Waals surface area contributed by atoms with Crippen molar-refractivity contribution in [2.75, 3.05) is 0 Å². The van der Waals surface area contributed by atoms with E-state index in [4.69, 9.17) is 4.43 Å². The lowest BCUT2D eigenvalue weighted by molar-refractivity contribution is 0.286. The molecule has 0 N–H and O–H groups in total. The molecule has 0 atom stereocenters. The minimum atomic E-state index is -2.55. The summed E-state index contributed by atoms with van der Waals surface area (Å²) < 4.78 is 7.07. The molecule has 4 rings (SSSR count). The summed E-state index contributed by atoms with van der Waals surface area (Å²) in [4.78, 5) is 0. The van der Waals surface area contributed by atoms with Crippen LogP contribution in [-0.4, -0.2) is 16.4 Å². The van der Waals surface area contributed by atoms with Crippen molar-refractivity contribution in [2.45, 2.75) is 52.1 Å². The monoisotopic (exact) mass is 518 g/mol. The molecule has 0 aromatic heterocycles. The van der Waals surface area contributed by atoms with Crippen molar-refractivity contribution < 1.29 is 4.43 Å². The highest BCUT2D eigenvalue weighted by Crippen LogP contribution is 2.37. The van der Waals surface area contributed by atoms with E-state index in [0.29, 0.717) is 6.61 Å². The number of hydrogen-bond donors (Lipinski definition) is 0. The largest absolute Gasteiger partial charge is 0.403 e. The van der Waals surface area contributed by atoms with Crippen LogP contribution in [0.5, 0.6) is 0 Å². The molecule has 0 bridgehead atoms. The third-order valence-electron chi connectivity index (χ3n) is 6.93. The summed E-state index contributed by atoms with van der Waals surface area (Å²) >= 11 is 0. The zero-order valence-corrected chi connectivity index (χ0v) is 25.0. The first-order valence-corrected chi connectivity index (χ1v) is 18.5. The fraction of sp³-hybridized carbons (Fsp3) is 0.235. The number of rotatable bonds is 6. The lowest BCUT2D eigenvalue weighted by atomic mass is 10.1. The smallest absolute Gasteiger partial charge is 0.261 e. The molecule has 0 fully saturated rings. The van der Waals surface area contributed by atoms with Gasteiger partial charge in [0.2, 0.25) is 0 Å². The van der Waals surface area contributed by atoms with Gasteiger partial charge in [0, 0.05) is 11.1 Å². The van der Waals surface area contributed by atoms with Crippen molar-refractivity contribution in [3.8, 4) is 11.8 Å². The highest BCUT2D eigenvalue weighted by Gasteiger charge is 2.50. The van der Waals surface area contributed by atoms with E-state index < -0.39 is 16.4 Å². The first kappa shape index (κ1) is 26.9. The second-order valence-corrected chi connectivity index (χ2v) is 21.1. The maximum absolute atomic E-state index is 7.07. The maximum Gasteiger partial charge on any atom is 0.261 e. The van der Waals surface area contributed by atoms with Crippen molar-refractivity contribution >= 4 is 32.0 Å². The van der Waals surface area contributed by atoms with E-state index >= 15 is 0 Å². The summed E-state index contributed by atoms with van der Waals surface area (Å²) in [7, 11) is -3.83. The van der Waals surface area contributed by atoms with Crippen LogP contribution in [0.2, 0.25) is 24.7 Å². The molecule has 0 saturated heterocycles. The SMILES string of the molecule is CC(C)(C)[Si](OCc1ccc(C#Cc2ccc([Si](C)(C)C)cc2)cc1)(c1ccccc1)c1ccccc1. The predicted octanol–water partition coefficient (Wildman–Crippen LogP) is 6.71. The average Bonchev–Trinajstić information content (AvgIpc) is 2.89. The van der Waals surface area contributed by atoms with E-state index in [-0.39, 0.29) is 5.04 Å². The lowest BCUT2D eigenvalue weighted by Crippen LogP contribution is -2.66. The van der Waals surface area contributed by atoms with Crippen LogP contribution >= 0.6 is 0 Å². The Hall–Kier alpha value is -3.17. The normalized spacial score (nSPS) is 12.1. The van der Waals surface area contributed by atoms with Crippen molar-refractivity contribution in [1.82, 2.24) is 0 Å². The van der Waals surface area contributed by atoms with Crippen molar-refractivity contribution in [3.63, 3.8) is 0 Å². The fourth-order valence-corrected chi connectivity index (χ4v) is 10.5. The minimum absolute atomic E-state index is 0.0356. The summed E-state index contributed by atoms with van der Waals surface area (Å²) in [5.41, 5.74) is 3.24. The van der Waals surface area contributed by atoms with Gasteiger partial charge in [0.1, 0.15) is 0 Å². The standard InChI is InChI=1S/C34H38OSi2/c1-34(2,3)37(32-13-9-7-10-14-32,33-15-11-8-12-16-33)35-27-30-21-19-28(20-22-30)17-18-29-23-25-31(26-24-29)36(4,5)6/h7-16,19-26H,27H2,1-6H3. The molecule has 0 unspecified atom stereocenters. The predicted molar refractivity (Wildman–Crippen MR) is 164 cm³/mol. The van der Waals surface area contributed by atoms with Gasteiger partial charge in [-0.1, -0.05) is 142 Å².